The van der Waals surface area contributed by atoms with E-state index >= 15 is 0 Å². The largest absolute Gasteiger partial charge is 0.426 e. The molecule has 4 heteroatoms. The number of carbonyl (C=O) groups excluding carboxylic acids is 2. The number of esters is 2. The van der Waals surface area contributed by atoms with Crippen LogP contribution in [0.15, 0.2) is 36.4 Å². The molecule has 3 rings (SSSR count). The van der Waals surface area contributed by atoms with Crippen molar-refractivity contribution in [3.63, 3.8) is 0 Å². The highest BCUT2D eigenvalue weighted by Gasteiger charge is 2.24. The van der Waals surface area contributed by atoms with E-state index < -0.39 is 0 Å². The quantitative estimate of drug-likeness (QED) is 0.0849. The summed E-state index contributed by atoms with van der Waals surface area (Å²) >= 11 is 0. The van der Waals surface area contributed by atoms with E-state index in [1.54, 1.807) is 0 Å². The van der Waals surface area contributed by atoms with Gasteiger partial charge in [0.05, 0.1) is 0 Å². The van der Waals surface area contributed by atoms with Crippen LogP contribution in [0.2, 0.25) is 0 Å². The van der Waals surface area contributed by atoms with Crippen LogP contribution in [0.3, 0.4) is 0 Å². The van der Waals surface area contributed by atoms with Crippen LogP contribution in [0.1, 0.15) is 128 Å². The molecule has 0 aliphatic heterocycles. The molecule has 0 spiro atoms. The number of unbranched alkanes of at least 4 members (excludes halogenated alkanes) is 12. The minimum atomic E-state index is -0.177. The monoisotopic (exact) mass is 520 g/mol. The average molecular weight is 521 g/mol. The van der Waals surface area contributed by atoms with Crippen molar-refractivity contribution in [2.24, 2.45) is 0 Å². The fourth-order valence-corrected chi connectivity index (χ4v) is 5.33. The number of carbonyl (C=O) groups is 2. The number of benzene rings is 2. The SMILES string of the molecule is CCCCCCCCCC(=O)Oc1c2c(c(OC(=O)CCCCCCCCC)c3ccccc13)CC=CC2. The maximum atomic E-state index is 12.8. The zero-order valence-electron chi connectivity index (χ0n) is 23.8. The summed E-state index contributed by atoms with van der Waals surface area (Å²) in [6, 6.07) is 7.84. The van der Waals surface area contributed by atoms with Crippen LogP contribution in [-0.2, 0) is 22.4 Å². The van der Waals surface area contributed by atoms with Crippen LogP contribution >= 0.6 is 0 Å². The molecule has 38 heavy (non-hydrogen) atoms. The van der Waals surface area contributed by atoms with Gasteiger partial charge in [-0.25, -0.2) is 0 Å². The second-order valence-corrected chi connectivity index (χ2v) is 10.7. The van der Waals surface area contributed by atoms with Crippen LogP contribution < -0.4 is 9.47 Å². The Morgan fingerprint density at radius 1 is 0.579 bits per heavy atom. The molecular formula is C34H48O4. The van der Waals surface area contributed by atoms with Gasteiger partial charge in [-0.2, -0.15) is 0 Å². The molecule has 0 fully saturated rings. The Morgan fingerprint density at radius 3 is 1.34 bits per heavy atom. The standard InChI is InChI=1S/C34H48O4/c1-3-5-7-9-11-13-15-25-31(35)37-33-27-21-17-19-23-29(27)34(30-24-20-18-22-28(30)33)38-32(36)26-16-14-12-10-8-6-4-2/h17-21,23H,3-16,22,24-26H2,1-2H3. The molecule has 0 aromatic heterocycles. The van der Waals surface area contributed by atoms with Crippen molar-refractivity contribution in [2.45, 2.75) is 129 Å². The predicted molar refractivity (Wildman–Crippen MR) is 157 cm³/mol. The molecule has 0 N–H and O–H groups in total. The molecule has 0 saturated heterocycles. The van der Waals surface area contributed by atoms with Crippen molar-refractivity contribution in [1.29, 1.82) is 0 Å². The molecule has 4 nitrogen and oxygen atoms in total. The van der Waals surface area contributed by atoms with Gasteiger partial charge in [0.1, 0.15) is 11.5 Å². The average Bonchev–Trinajstić information content (AvgIpc) is 2.93. The van der Waals surface area contributed by atoms with Crippen molar-refractivity contribution in [3.8, 4) is 11.5 Å². The predicted octanol–water partition coefficient (Wildman–Crippen LogP) is 9.59. The van der Waals surface area contributed by atoms with Crippen LogP contribution in [0.5, 0.6) is 11.5 Å². The summed E-state index contributed by atoms with van der Waals surface area (Å²) in [4.78, 5) is 25.7. The van der Waals surface area contributed by atoms with Crippen molar-refractivity contribution in [3.05, 3.63) is 47.5 Å². The van der Waals surface area contributed by atoms with E-state index in [0.717, 1.165) is 47.6 Å². The maximum absolute atomic E-state index is 12.8. The third-order valence-electron chi connectivity index (χ3n) is 7.54. The molecule has 2 aromatic carbocycles. The first-order valence-corrected chi connectivity index (χ1v) is 15.3. The first-order chi connectivity index (χ1) is 18.7. The topological polar surface area (TPSA) is 52.6 Å². The van der Waals surface area contributed by atoms with Gasteiger partial charge in [0.15, 0.2) is 0 Å². The van der Waals surface area contributed by atoms with Crippen LogP contribution in [0.25, 0.3) is 10.8 Å². The van der Waals surface area contributed by atoms with Crippen LogP contribution in [-0.4, -0.2) is 11.9 Å². The lowest BCUT2D eigenvalue weighted by Crippen LogP contribution is -2.15. The smallest absolute Gasteiger partial charge is 0.311 e. The van der Waals surface area contributed by atoms with E-state index in [-0.39, 0.29) is 11.9 Å². The van der Waals surface area contributed by atoms with Crippen LogP contribution in [0.4, 0.5) is 0 Å². The zero-order valence-corrected chi connectivity index (χ0v) is 23.8. The summed E-state index contributed by atoms with van der Waals surface area (Å²) in [5, 5.41) is 1.68. The number of allylic oxidation sites excluding steroid dienone is 2. The van der Waals surface area contributed by atoms with E-state index in [0.29, 0.717) is 37.2 Å². The van der Waals surface area contributed by atoms with E-state index in [1.807, 2.05) is 24.3 Å². The van der Waals surface area contributed by atoms with Crippen LogP contribution in [0, 0.1) is 0 Å². The minimum absolute atomic E-state index is 0.177. The van der Waals surface area contributed by atoms with Crippen molar-refractivity contribution >= 4 is 22.7 Å². The summed E-state index contributed by atoms with van der Waals surface area (Å²) < 4.78 is 12.1. The normalized spacial score (nSPS) is 12.5. The maximum Gasteiger partial charge on any atom is 0.311 e. The highest BCUT2D eigenvalue weighted by Crippen LogP contribution is 2.43. The van der Waals surface area contributed by atoms with Gasteiger partial charge in [-0.05, 0) is 25.7 Å². The van der Waals surface area contributed by atoms with Gasteiger partial charge in [-0.15, -0.1) is 0 Å². The highest BCUT2D eigenvalue weighted by atomic mass is 16.5. The molecule has 0 bridgehead atoms. The third-order valence-corrected chi connectivity index (χ3v) is 7.54. The molecule has 0 atom stereocenters. The minimum Gasteiger partial charge on any atom is -0.426 e. The van der Waals surface area contributed by atoms with E-state index in [2.05, 4.69) is 26.0 Å². The number of ether oxygens (including phenoxy) is 2. The second kappa shape index (κ2) is 17.1. The molecule has 0 amide bonds. The van der Waals surface area contributed by atoms with E-state index in [4.69, 9.17) is 9.47 Å². The number of hydrogen-bond donors (Lipinski definition) is 0. The van der Waals surface area contributed by atoms with E-state index in [9.17, 15) is 9.59 Å². The van der Waals surface area contributed by atoms with Gasteiger partial charge < -0.3 is 9.47 Å². The Morgan fingerprint density at radius 2 is 0.947 bits per heavy atom. The fraction of sp³-hybridized carbons (Fsp3) is 0.588. The molecule has 0 radical (unpaired) electrons. The molecule has 1 aliphatic rings. The zero-order chi connectivity index (χ0) is 27.0. The summed E-state index contributed by atoms with van der Waals surface area (Å²) in [5.74, 6) is 0.924. The first-order valence-electron chi connectivity index (χ1n) is 15.3. The second-order valence-electron chi connectivity index (χ2n) is 10.7. The van der Waals surface area contributed by atoms with Crippen molar-refractivity contribution < 1.29 is 19.1 Å². The molecular weight excluding hydrogens is 472 g/mol. The molecule has 0 heterocycles. The Kier molecular flexibility index (Phi) is 13.4. The third kappa shape index (κ3) is 9.29. The van der Waals surface area contributed by atoms with Gasteiger partial charge >= 0.3 is 11.9 Å². The van der Waals surface area contributed by atoms with Crippen molar-refractivity contribution in [2.75, 3.05) is 0 Å². The molecule has 208 valence electrons. The Bertz CT molecular complexity index is 970. The lowest BCUT2D eigenvalue weighted by Gasteiger charge is -2.22. The Hall–Kier alpha value is -2.62. The number of rotatable bonds is 18. The first kappa shape index (κ1) is 29.9. The molecule has 0 unspecified atom stereocenters. The molecule has 1 aliphatic carbocycles. The van der Waals surface area contributed by atoms with Crippen molar-refractivity contribution in [1.82, 2.24) is 0 Å². The lowest BCUT2D eigenvalue weighted by atomic mass is 9.90. The molecule has 2 aromatic rings. The fourth-order valence-electron chi connectivity index (χ4n) is 5.33. The van der Waals surface area contributed by atoms with E-state index in [1.165, 1.54) is 64.2 Å². The van der Waals surface area contributed by atoms with Gasteiger partial charge in [-0.3, -0.25) is 9.59 Å². The van der Waals surface area contributed by atoms with Gasteiger partial charge in [-0.1, -0.05) is 127 Å². The highest BCUT2D eigenvalue weighted by molar-refractivity contribution is 5.99. The Balaban J connectivity index is 1.66. The summed E-state index contributed by atoms with van der Waals surface area (Å²) in [6.45, 7) is 4.45. The number of hydrogen-bond acceptors (Lipinski definition) is 4. The summed E-state index contributed by atoms with van der Waals surface area (Å²) in [5.41, 5.74) is 1.94. The summed E-state index contributed by atoms with van der Waals surface area (Å²) in [6.07, 6.45) is 22.7. The van der Waals surface area contributed by atoms with Gasteiger partial charge in [0.25, 0.3) is 0 Å². The van der Waals surface area contributed by atoms with Gasteiger partial charge in [0, 0.05) is 34.7 Å². The molecule has 0 saturated carbocycles. The number of fused-ring (bicyclic) bond motifs is 2. The summed E-state index contributed by atoms with van der Waals surface area (Å²) in [7, 11) is 0. The van der Waals surface area contributed by atoms with Gasteiger partial charge in [0.2, 0.25) is 0 Å². The lowest BCUT2D eigenvalue weighted by molar-refractivity contribution is -0.135. The Labute approximate surface area is 230 Å².